The number of fused-ring (bicyclic) bond motifs is 1. The Balaban J connectivity index is 1.92. The van der Waals surface area contributed by atoms with Gasteiger partial charge in [0.2, 0.25) is 5.91 Å². The Labute approximate surface area is 127 Å². The predicted octanol–water partition coefficient (Wildman–Crippen LogP) is 0.916. The number of nitrogens with one attached hydrogen (secondary N) is 1. The van der Waals surface area contributed by atoms with E-state index in [0.717, 1.165) is 25.0 Å². The molecular formula is C14H20N4O2S. The zero-order valence-electron chi connectivity index (χ0n) is 12.3. The van der Waals surface area contributed by atoms with Crippen LogP contribution in [0.15, 0.2) is 22.4 Å². The van der Waals surface area contributed by atoms with Crippen LogP contribution >= 0.6 is 11.3 Å². The van der Waals surface area contributed by atoms with Gasteiger partial charge in [-0.25, -0.2) is 4.68 Å². The zero-order chi connectivity index (χ0) is 15.2. The fourth-order valence-electron chi connectivity index (χ4n) is 2.09. The lowest BCUT2D eigenvalue weighted by Crippen LogP contribution is -2.38. The van der Waals surface area contributed by atoms with Crippen molar-refractivity contribution in [2.75, 3.05) is 26.2 Å². The summed E-state index contributed by atoms with van der Waals surface area (Å²) >= 11 is 1.37. The number of carbonyl (C=O) groups is 1. The van der Waals surface area contributed by atoms with Gasteiger partial charge < -0.3 is 10.2 Å². The summed E-state index contributed by atoms with van der Waals surface area (Å²) in [4.78, 5) is 26.2. The molecular weight excluding hydrogens is 288 g/mol. The first-order valence-electron chi connectivity index (χ1n) is 7.08. The van der Waals surface area contributed by atoms with E-state index in [4.69, 9.17) is 0 Å². The average Bonchev–Trinajstić information content (AvgIpc) is 2.96. The van der Waals surface area contributed by atoms with Crippen LogP contribution in [0, 0.1) is 0 Å². The normalized spacial score (nSPS) is 11.2. The van der Waals surface area contributed by atoms with E-state index in [9.17, 15) is 9.59 Å². The van der Waals surface area contributed by atoms with Crippen LogP contribution in [0.3, 0.4) is 0 Å². The third-order valence-electron chi connectivity index (χ3n) is 3.40. The first kappa shape index (κ1) is 15.7. The summed E-state index contributed by atoms with van der Waals surface area (Å²) < 4.78 is 1.85. The Hall–Kier alpha value is -1.73. The number of aromatic nitrogens is 2. The van der Waals surface area contributed by atoms with Gasteiger partial charge in [0.1, 0.15) is 11.2 Å². The highest BCUT2D eigenvalue weighted by molar-refractivity contribution is 7.17. The van der Waals surface area contributed by atoms with Crippen LogP contribution in [0.4, 0.5) is 0 Å². The van der Waals surface area contributed by atoms with Crippen molar-refractivity contribution in [3.05, 3.63) is 28.0 Å². The van der Waals surface area contributed by atoms with E-state index >= 15 is 0 Å². The van der Waals surface area contributed by atoms with E-state index in [2.05, 4.69) is 29.2 Å². The van der Waals surface area contributed by atoms with Gasteiger partial charge in [-0.15, -0.1) is 11.3 Å². The molecule has 0 atom stereocenters. The molecule has 0 aliphatic heterocycles. The molecule has 1 N–H and O–H groups in total. The highest BCUT2D eigenvalue weighted by Crippen LogP contribution is 2.14. The Morgan fingerprint density at radius 1 is 1.43 bits per heavy atom. The lowest BCUT2D eigenvalue weighted by Gasteiger charge is -2.17. The van der Waals surface area contributed by atoms with Crippen molar-refractivity contribution in [3.63, 3.8) is 0 Å². The summed E-state index contributed by atoms with van der Waals surface area (Å²) in [5.74, 6) is -0.187. The van der Waals surface area contributed by atoms with E-state index in [1.807, 2.05) is 11.4 Å². The minimum absolute atomic E-state index is 0.0368. The quantitative estimate of drug-likeness (QED) is 0.826. The van der Waals surface area contributed by atoms with Gasteiger partial charge in [-0.2, -0.15) is 5.10 Å². The molecule has 21 heavy (non-hydrogen) atoms. The maximum Gasteiger partial charge on any atom is 0.285 e. The molecule has 0 aromatic carbocycles. The molecule has 0 radical (unpaired) electrons. The van der Waals surface area contributed by atoms with Crippen LogP contribution in [0.25, 0.3) is 10.1 Å². The van der Waals surface area contributed by atoms with Gasteiger partial charge in [0, 0.05) is 18.5 Å². The lowest BCUT2D eigenvalue weighted by atomic mass is 10.4. The van der Waals surface area contributed by atoms with Gasteiger partial charge in [0.05, 0.1) is 6.20 Å². The maximum absolute atomic E-state index is 12.1. The molecule has 2 aromatic rings. The first-order chi connectivity index (χ1) is 10.2. The largest absolute Gasteiger partial charge is 0.353 e. The number of carbonyl (C=O) groups excluding carboxylic acids is 1. The molecule has 2 rings (SSSR count). The van der Waals surface area contributed by atoms with Crippen LogP contribution in [0.1, 0.15) is 13.8 Å². The SMILES string of the molecule is CCN(CC)CCNC(=O)Cn1ncc2ccsc2c1=O. The van der Waals surface area contributed by atoms with Crippen molar-refractivity contribution in [1.82, 2.24) is 20.0 Å². The fraction of sp³-hybridized carbons (Fsp3) is 0.500. The molecule has 0 aliphatic rings. The zero-order valence-corrected chi connectivity index (χ0v) is 13.2. The summed E-state index contributed by atoms with van der Waals surface area (Å²) in [6.45, 7) is 7.45. The van der Waals surface area contributed by atoms with Gasteiger partial charge in [0.25, 0.3) is 5.56 Å². The number of likely N-dealkylation sites (N-methyl/N-ethyl adjacent to an activating group) is 1. The molecule has 0 fully saturated rings. The van der Waals surface area contributed by atoms with Crippen LogP contribution in [0.5, 0.6) is 0 Å². The van der Waals surface area contributed by atoms with E-state index in [1.165, 1.54) is 16.0 Å². The number of amides is 1. The van der Waals surface area contributed by atoms with Crippen LogP contribution in [0.2, 0.25) is 0 Å². The molecule has 0 saturated heterocycles. The predicted molar refractivity (Wildman–Crippen MR) is 84.7 cm³/mol. The molecule has 1 amide bonds. The smallest absolute Gasteiger partial charge is 0.285 e. The number of nitrogens with zero attached hydrogens (tertiary/aromatic N) is 3. The molecule has 0 bridgehead atoms. The van der Waals surface area contributed by atoms with Crippen molar-refractivity contribution in [2.24, 2.45) is 0 Å². The van der Waals surface area contributed by atoms with Crippen LogP contribution < -0.4 is 10.9 Å². The van der Waals surface area contributed by atoms with Gasteiger partial charge in [-0.1, -0.05) is 13.8 Å². The second-order valence-electron chi connectivity index (χ2n) is 4.69. The van der Waals surface area contributed by atoms with Gasteiger partial charge >= 0.3 is 0 Å². The minimum atomic E-state index is -0.207. The molecule has 7 heteroatoms. The van der Waals surface area contributed by atoms with Gasteiger partial charge in [0.15, 0.2) is 0 Å². The molecule has 0 saturated carbocycles. The average molecular weight is 308 g/mol. The highest BCUT2D eigenvalue weighted by Gasteiger charge is 2.09. The Morgan fingerprint density at radius 2 is 2.19 bits per heavy atom. The highest BCUT2D eigenvalue weighted by atomic mass is 32.1. The molecule has 0 aliphatic carbocycles. The van der Waals surface area contributed by atoms with E-state index in [1.54, 1.807) is 6.20 Å². The third kappa shape index (κ3) is 3.89. The van der Waals surface area contributed by atoms with Crippen LogP contribution in [-0.2, 0) is 11.3 Å². The van der Waals surface area contributed by atoms with Gasteiger partial charge in [-0.05, 0) is 24.5 Å². The van der Waals surface area contributed by atoms with Gasteiger partial charge in [-0.3, -0.25) is 9.59 Å². The number of hydrogen-bond acceptors (Lipinski definition) is 5. The number of hydrogen-bond donors (Lipinski definition) is 1. The fourth-order valence-corrected chi connectivity index (χ4v) is 2.91. The summed E-state index contributed by atoms with van der Waals surface area (Å²) in [6.07, 6.45) is 1.62. The monoisotopic (exact) mass is 308 g/mol. The van der Waals surface area contributed by atoms with Crippen molar-refractivity contribution in [1.29, 1.82) is 0 Å². The summed E-state index contributed by atoms with van der Waals surface area (Å²) in [7, 11) is 0. The Morgan fingerprint density at radius 3 is 2.90 bits per heavy atom. The Bertz CT molecular complexity index is 660. The standard InChI is InChI=1S/C14H20N4O2S/c1-3-17(4-2)7-6-15-12(19)10-18-14(20)13-11(9-16-18)5-8-21-13/h5,8-9H,3-4,6-7,10H2,1-2H3,(H,15,19). The topological polar surface area (TPSA) is 67.2 Å². The van der Waals surface area contributed by atoms with E-state index < -0.39 is 0 Å². The molecule has 114 valence electrons. The number of rotatable bonds is 7. The molecule has 6 nitrogen and oxygen atoms in total. The van der Waals surface area contributed by atoms with Crippen molar-refractivity contribution >= 4 is 27.3 Å². The van der Waals surface area contributed by atoms with Crippen molar-refractivity contribution in [3.8, 4) is 0 Å². The lowest BCUT2D eigenvalue weighted by molar-refractivity contribution is -0.121. The molecule has 0 unspecified atom stereocenters. The number of thiophene rings is 1. The summed E-state index contributed by atoms with van der Waals surface area (Å²) in [5.41, 5.74) is -0.207. The second-order valence-corrected chi connectivity index (χ2v) is 5.61. The maximum atomic E-state index is 12.1. The second kappa shape index (κ2) is 7.33. The molecule has 0 spiro atoms. The molecule has 2 aromatic heterocycles. The van der Waals surface area contributed by atoms with Crippen LogP contribution in [-0.4, -0.2) is 46.8 Å². The van der Waals surface area contributed by atoms with Crippen molar-refractivity contribution in [2.45, 2.75) is 20.4 Å². The Kier molecular flexibility index (Phi) is 5.46. The third-order valence-corrected chi connectivity index (χ3v) is 4.32. The summed E-state index contributed by atoms with van der Waals surface area (Å²) in [5, 5.41) is 9.53. The summed E-state index contributed by atoms with van der Waals surface area (Å²) in [6, 6.07) is 1.85. The first-order valence-corrected chi connectivity index (χ1v) is 7.96. The van der Waals surface area contributed by atoms with E-state index in [-0.39, 0.29) is 18.0 Å². The van der Waals surface area contributed by atoms with E-state index in [0.29, 0.717) is 11.2 Å². The molecule has 2 heterocycles. The van der Waals surface area contributed by atoms with Crippen molar-refractivity contribution < 1.29 is 4.79 Å². The minimum Gasteiger partial charge on any atom is -0.353 e.